The van der Waals surface area contributed by atoms with Crippen LogP contribution in [0.3, 0.4) is 0 Å². The Morgan fingerprint density at radius 2 is 2.26 bits per heavy atom. The average Bonchev–Trinajstić information content (AvgIpc) is 3.13. The lowest BCUT2D eigenvalue weighted by molar-refractivity contribution is 0.358. The van der Waals surface area contributed by atoms with Gasteiger partial charge in [0, 0.05) is 34.1 Å². The Hall–Kier alpha value is -1.88. The van der Waals surface area contributed by atoms with Gasteiger partial charge in [-0.2, -0.15) is 0 Å². The predicted molar refractivity (Wildman–Crippen MR) is 94.4 cm³/mol. The van der Waals surface area contributed by atoms with E-state index in [1.807, 2.05) is 11.6 Å². The molecule has 0 unspecified atom stereocenters. The largest absolute Gasteiger partial charge is 0.360 e. The number of hydrogen-bond acceptors (Lipinski definition) is 3. The molecular formula is C18H20FN3S. The standard InChI is InChI=1S/C18H20FN3S/c1-11-3-2-4-13(7-11)21-18-22-17(10-23-18)15-9-20-16-6-5-12(19)8-14(15)16/h5-6,8-11,13,20H,2-4,7H2,1H3,(H,21,22)/t11-,13-/m0/s1. The molecule has 1 aliphatic rings. The lowest BCUT2D eigenvalue weighted by atomic mass is 9.87. The zero-order valence-corrected chi connectivity index (χ0v) is 13.9. The minimum atomic E-state index is -0.219. The van der Waals surface area contributed by atoms with Gasteiger partial charge < -0.3 is 10.3 Å². The molecule has 1 aliphatic carbocycles. The first kappa shape index (κ1) is 14.7. The third-order valence-corrected chi connectivity index (χ3v) is 5.46. The van der Waals surface area contributed by atoms with Gasteiger partial charge in [-0.25, -0.2) is 9.37 Å². The molecule has 120 valence electrons. The van der Waals surface area contributed by atoms with Gasteiger partial charge in [-0.05, 0) is 37.0 Å². The summed E-state index contributed by atoms with van der Waals surface area (Å²) in [6.07, 6.45) is 6.97. The van der Waals surface area contributed by atoms with Crippen molar-refractivity contribution in [2.75, 3.05) is 5.32 Å². The number of nitrogens with one attached hydrogen (secondary N) is 2. The molecule has 0 radical (unpaired) electrons. The highest BCUT2D eigenvalue weighted by Crippen LogP contribution is 2.33. The van der Waals surface area contributed by atoms with Crippen molar-refractivity contribution >= 4 is 27.4 Å². The van der Waals surface area contributed by atoms with E-state index in [9.17, 15) is 4.39 Å². The van der Waals surface area contributed by atoms with Crippen molar-refractivity contribution in [2.45, 2.75) is 38.6 Å². The van der Waals surface area contributed by atoms with E-state index in [-0.39, 0.29) is 5.82 Å². The number of benzene rings is 1. The number of hydrogen-bond donors (Lipinski definition) is 2. The fourth-order valence-electron chi connectivity index (χ4n) is 3.51. The molecule has 0 bridgehead atoms. The number of anilines is 1. The summed E-state index contributed by atoms with van der Waals surface area (Å²) in [5.74, 6) is 0.570. The van der Waals surface area contributed by atoms with Gasteiger partial charge in [0.15, 0.2) is 5.13 Å². The third-order valence-electron chi connectivity index (χ3n) is 4.69. The van der Waals surface area contributed by atoms with Gasteiger partial charge in [0.2, 0.25) is 0 Å². The normalized spacial score (nSPS) is 21.7. The van der Waals surface area contributed by atoms with Crippen LogP contribution in [0.15, 0.2) is 29.8 Å². The number of halogens is 1. The van der Waals surface area contributed by atoms with Gasteiger partial charge in [0.25, 0.3) is 0 Å². The van der Waals surface area contributed by atoms with Crippen LogP contribution in [0.25, 0.3) is 22.2 Å². The summed E-state index contributed by atoms with van der Waals surface area (Å²) in [6, 6.07) is 5.33. The molecule has 1 fully saturated rings. The molecule has 23 heavy (non-hydrogen) atoms. The molecular weight excluding hydrogens is 309 g/mol. The lowest BCUT2D eigenvalue weighted by Crippen LogP contribution is -2.26. The Labute approximate surface area is 139 Å². The summed E-state index contributed by atoms with van der Waals surface area (Å²) in [5.41, 5.74) is 2.80. The molecule has 3 nitrogen and oxygen atoms in total. The van der Waals surface area contributed by atoms with Crippen LogP contribution in [-0.2, 0) is 0 Å². The molecule has 0 amide bonds. The first-order chi connectivity index (χ1) is 11.2. The highest BCUT2D eigenvalue weighted by atomic mass is 32.1. The smallest absolute Gasteiger partial charge is 0.183 e. The van der Waals surface area contributed by atoms with Gasteiger partial charge in [-0.3, -0.25) is 0 Å². The van der Waals surface area contributed by atoms with Crippen molar-refractivity contribution in [3.05, 3.63) is 35.6 Å². The van der Waals surface area contributed by atoms with Crippen molar-refractivity contribution in [3.8, 4) is 11.3 Å². The molecule has 2 atom stereocenters. The fraction of sp³-hybridized carbons (Fsp3) is 0.389. The Morgan fingerprint density at radius 3 is 3.13 bits per heavy atom. The molecule has 1 aromatic carbocycles. The first-order valence-electron chi connectivity index (χ1n) is 8.18. The van der Waals surface area contributed by atoms with Crippen molar-refractivity contribution in [2.24, 2.45) is 5.92 Å². The van der Waals surface area contributed by atoms with Crippen molar-refractivity contribution in [1.29, 1.82) is 0 Å². The van der Waals surface area contributed by atoms with Gasteiger partial charge >= 0.3 is 0 Å². The van der Waals surface area contributed by atoms with Crippen molar-refractivity contribution < 1.29 is 4.39 Å². The molecule has 0 aliphatic heterocycles. The van der Waals surface area contributed by atoms with Gasteiger partial charge in [0.1, 0.15) is 5.82 Å². The summed E-state index contributed by atoms with van der Waals surface area (Å²) in [5, 5.41) is 7.47. The number of fused-ring (bicyclic) bond motifs is 1. The number of aromatic amines is 1. The molecule has 2 aromatic heterocycles. The van der Waals surface area contributed by atoms with E-state index in [1.165, 1.54) is 31.7 Å². The van der Waals surface area contributed by atoms with Crippen molar-refractivity contribution in [1.82, 2.24) is 9.97 Å². The maximum atomic E-state index is 13.5. The van der Waals surface area contributed by atoms with Crippen LogP contribution in [0.2, 0.25) is 0 Å². The van der Waals surface area contributed by atoms with Crippen LogP contribution in [-0.4, -0.2) is 16.0 Å². The maximum Gasteiger partial charge on any atom is 0.183 e. The number of rotatable bonds is 3. The topological polar surface area (TPSA) is 40.7 Å². The zero-order chi connectivity index (χ0) is 15.8. The fourth-order valence-corrected chi connectivity index (χ4v) is 4.30. The second-order valence-electron chi connectivity index (χ2n) is 6.54. The van der Waals surface area contributed by atoms with E-state index in [2.05, 4.69) is 17.2 Å². The van der Waals surface area contributed by atoms with Crippen LogP contribution in [0.1, 0.15) is 32.6 Å². The quantitative estimate of drug-likeness (QED) is 0.673. The number of thiazole rings is 1. The minimum absolute atomic E-state index is 0.219. The summed E-state index contributed by atoms with van der Waals surface area (Å²) >= 11 is 1.63. The Bertz CT molecular complexity index is 823. The van der Waals surface area contributed by atoms with Crippen LogP contribution in [0.4, 0.5) is 9.52 Å². The SMILES string of the molecule is C[C@H]1CCC[C@H](Nc2nc(-c3c[nH]c4ccc(F)cc34)cs2)C1. The van der Waals surface area contributed by atoms with E-state index in [4.69, 9.17) is 4.98 Å². The molecule has 5 heteroatoms. The average molecular weight is 329 g/mol. The van der Waals surface area contributed by atoms with E-state index < -0.39 is 0 Å². The summed E-state index contributed by atoms with van der Waals surface area (Å²) in [7, 11) is 0. The molecule has 3 aromatic rings. The highest BCUT2D eigenvalue weighted by molar-refractivity contribution is 7.14. The van der Waals surface area contributed by atoms with E-state index >= 15 is 0 Å². The van der Waals surface area contributed by atoms with E-state index in [1.54, 1.807) is 23.5 Å². The molecule has 0 spiro atoms. The van der Waals surface area contributed by atoms with Crippen LogP contribution in [0.5, 0.6) is 0 Å². The number of H-pyrrole nitrogens is 1. The van der Waals surface area contributed by atoms with Crippen LogP contribution in [0, 0.1) is 11.7 Å². The summed E-state index contributed by atoms with van der Waals surface area (Å²) in [6.45, 7) is 2.32. The summed E-state index contributed by atoms with van der Waals surface area (Å²) < 4.78 is 13.5. The monoisotopic (exact) mass is 329 g/mol. The summed E-state index contributed by atoms with van der Waals surface area (Å²) in [4.78, 5) is 7.90. The second kappa shape index (κ2) is 5.96. The van der Waals surface area contributed by atoms with E-state index in [0.29, 0.717) is 6.04 Å². The molecule has 2 heterocycles. The molecule has 2 N–H and O–H groups in total. The molecule has 0 saturated heterocycles. The van der Waals surface area contributed by atoms with Gasteiger partial charge in [-0.15, -0.1) is 11.3 Å². The van der Waals surface area contributed by atoms with Crippen LogP contribution >= 0.6 is 11.3 Å². The second-order valence-corrected chi connectivity index (χ2v) is 7.40. The Morgan fingerprint density at radius 1 is 1.35 bits per heavy atom. The third kappa shape index (κ3) is 2.98. The lowest BCUT2D eigenvalue weighted by Gasteiger charge is -2.27. The zero-order valence-electron chi connectivity index (χ0n) is 13.1. The van der Waals surface area contributed by atoms with Gasteiger partial charge in [0.05, 0.1) is 5.69 Å². The van der Waals surface area contributed by atoms with E-state index in [0.717, 1.165) is 33.2 Å². The van der Waals surface area contributed by atoms with Gasteiger partial charge in [-0.1, -0.05) is 19.8 Å². The number of aromatic nitrogens is 2. The Balaban J connectivity index is 1.58. The Kier molecular flexibility index (Phi) is 3.81. The number of nitrogens with zero attached hydrogens (tertiary/aromatic N) is 1. The molecule has 1 saturated carbocycles. The van der Waals surface area contributed by atoms with Crippen LogP contribution < -0.4 is 5.32 Å². The van der Waals surface area contributed by atoms with Crippen molar-refractivity contribution in [3.63, 3.8) is 0 Å². The minimum Gasteiger partial charge on any atom is -0.360 e. The first-order valence-corrected chi connectivity index (χ1v) is 9.06. The molecule has 4 rings (SSSR count). The highest BCUT2D eigenvalue weighted by Gasteiger charge is 2.20. The predicted octanol–water partition coefficient (Wildman–Crippen LogP) is 5.42. The maximum absolute atomic E-state index is 13.5.